The summed E-state index contributed by atoms with van der Waals surface area (Å²) in [5, 5.41) is 3.29. The number of ketones is 1. The van der Waals surface area contributed by atoms with Crippen LogP contribution >= 0.6 is 0 Å². The molecular weight excluding hydrogens is 404 g/mol. The zero-order valence-corrected chi connectivity index (χ0v) is 18.0. The van der Waals surface area contributed by atoms with E-state index in [9.17, 15) is 9.59 Å². The van der Waals surface area contributed by atoms with Crippen molar-refractivity contribution >= 4 is 11.6 Å². The van der Waals surface area contributed by atoms with E-state index in [-0.39, 0.29) is 23.9 Å². The van der Waals surface area contributed by atoms with E-state index < -0.39 is 0 Å². The Labute approximate surface area is 187 Å². The average molecular weight is 433 g/mol. The van der Waals surface area contributed by atoms with Gasteiger partial charge in [0.05, 0.1) is 6.54 Å². The lowest BCUT2D eigenvalue weighted by Crippen LogP contribution is -2.42. The van der Waals surface area contributed by atoms with Gasteiger partial charge in [-0.2, -0.15) is 0 Å². The van der Waals surface area contributed by atoms with Gasteiger partial charge in [-0.3, -0.25) is 14.5 Å². The van der Waals surface area contributed by atoms with E-state index in [4.69, 9.17) is 4.74 Å². The number of likely N-dealkylation sites (tertiary alicyclic amines) is 1. The lowest BCUT2D eigenvalue weighted by atomic mass is 10.1. The molecule has 0 aliphatic carbocycles. The van der Waals surface area contributed by atoms with Crippen molar-refractivity contribution in [1.82, 2.24) is 14.5 Å². The number of piperidine rings is 1. The highest BCUT2D eigenvalue weighted by Gasteiger charge is 2.20. The molecule has 32 heavy (non-hydrogen) atoms. The number of Topliss-reactive ketones (excluding diaryl/α,β-unsaturated/α-hetero) is 1. The Morgan fingerprint density at radius 1 is 1.03 bits per heavy atom. The Morgan fingerprint density at radius 2 is 1.72 bits per heavy atom. The summed E-state index contributed by atoms with van der Waals surface area (Å²) < 4.78 is 7.20. The third-order valence-electron chi connectivity index (χ3n) is 5.67. The molecule has 166 valence electrons. The van der Waals surface area contributed by atoms with Crippen LogP contribution in [0.25, 0.3) is 0 Å². The Kier molecular flexibility index (Phi) is 7.30. The quantitative estimate of drug-likeness (QED) is 0.524. The number of anilines is 1. The molecule has 0 bridgehead atoms. The molecule has 3 aromatic rings. The third-order valence-corrected chi connectivity index (χ3v) is 5.67. The molecule has 4 rings (SSSR count). The molecule has 1 fully saturated rings. The van der Waals surface area contributed by atoms with E-state index in [2.05, 4.69) is 15.2 Å². The minimum Gasteiger partial charge on any atom is -0.492 e. The van der Waals surface area contributed by atoms with Gasteiger partial charge in [0.1, 0.15) is 12.4 Å². The Morgan fingerprint density at radius 3 is 2.44 bits per heavy atom. The van der Waals surface area contributed by atoms with Gasteiger partial charge < -0.3 is 14.6 Å². The number of aromatic nitrogens is 2. The number of nitrogens with zero attached hydrogens (tertiary/aromatic N) is 3. The fourth-order valence-electron chi connectivity index (χ4n) is 3.84. The summed E-state index contributed by atoms with van der Waals surface area (Å²) in [4.78, 5) is 31.9. The van der Waals surface area contributed by atoms with Gasteiger partial charge in [-0.25, -0.2) is 4.98 Å². The molecule has 0 saturated carbocycles. The lowest BCUT2D eigenvalue weighted by Gasteiger charge is -2.32. The number of para-hydroxylation sites is 1. The lowest BCUT2D eigenvalue weighted by molar-refractivity contribution is 0.0971. The maximum absolute atomic E-state index is 12.8. The maximum Gasteiger partial charge on any atom is 0.293 e. The molecule has 0 amide bonds. The molecule has 1 aliphatic rings. The van der Waals surface area contributed by atoms with E-state index in [0.717, 1.165) is 38.2 Å². The summed E-state index contributed by atoms with van der Waals surface area (Å²) in [6, 6.07) is 19.0. The minimum absolute atomic E-state index is 0.0000938. The Bertz CT molecular complexity index is 1060. The van der Waals surface area contributed by atoms with Gasteiger partial charge in [0.2, 0.25) is 0 Å². The van der Waals surface area contributed by atoms with Crippen LogP contribution in [0.3, 0.4) is 0 Å². The van der Waals surface area contributed by atoms with Gasteiger partial charge in [-0.05, 0) is 25.0 Å². The van der Waals surface area contributed by atoms with E-state index in [0.29, 0.717) is 18.0 Å². The van der Waals surface area contributed by atoms with Crippen LogP contribution in [-0.4, -0.2) is 52.5 Å². The average Bonchev–Trinajstić information content (AvgIpc) is 2.84. The highest BCUT2D eigenvalue weighted by Crippen LogP contribution is 2.14. The number of carbonyl (C=O) groups is 1. The van der Waals surface area contributed by atoms with E-state index in [1.165, 1.54) is 4.57 Å². The molecular formula is C25H28N4O3. The fourth-order valence-corrected chi connectivity index (χ4v) is 3.84. The highest BCUT2D eigenvalue weighted by molar-refractivity contribution is 5.95. The molecule has 1 N–H and O–H groups in total. The summed E-state index contributed by atoms with van der Waals surface area (Å²) in [6.07, 6.45) is 4.97. The summed E-state index contributed by atoms with van der Waals surface area (Å²) in [7, 11) is 0. The molecule has 0 radical (unpaired) electrons. The standard InChI is InChI=1S/C25H28N4O3/c30-23(20-7-3-1-4-8-20)19-29-16-13-26-24(25(29)31)27-21-11-14-28(15-12-21)17-18-32-22-9-5-2-6-10-22/h1-10,13,16,21H,11-12,14-15,17-19H2,(H,26,27). The van der Waals surface area contributed by atoms with Crippen LogP contribution in [0.2, 0.25) is 0 Å². The summed E-state index contributed by atoms with van der Waals surface area (Å²) in [5.74, 6) is 1.09. The van der Waals surface area contributed by atoms with Gasteiger partial charge in [0.15, 0.2) is 11.6 Å². The van der Waals surface area contributed by atoms with Crippen LogP contribution in [0.4, 0.5) is 5.82 Å². The first-order valence-corrected chi connectivity index (χ1v) is 11.0. The normalized spacial score (nSPS) is 14.8. The summed E-state index contributed by atoms with van der Waals surface area (Å²) in [5.41, 5.74) is 0.324. The molecule has 7 heteroatoms. The van der Waals surface area contributed by atoms with Crippen molar-refractivity contribution in [2.24, 2.45) is 0 Å². The highest BCUT2D eigenvalue weighted by atomic mass is 16.5. The SMILES string of the molecule is O=C(Cn1ccnc(NC2CCN(CCOc3ccccc3)CC2)c1=O)c1ccccc1. The van der Waals surface area contributed by atoms with Crippen LogP contribution in [0, 0.1) is 0 Å². The largest absolute Gasteiger partial charge is 0.492 e. The van der Waals surface area contributed by atoms with Crippen LogP contribution in [-0.2, 0) is 6.54 Å². The molecule has 0 unspecified atom stereocenters. The van der Waals surface area contributed by atoms with Gasteiger partial charge in [-0.1, -0.05) is 48.5 Å². The number of ether oxygens (including phenoxy) is 1. The molecule has 0 spiro atoms. The summed E-state index contributed by atoms with van der Waals surface area (Å²) >= 11 is 0. The van der Waals surface area contributed by atoms with Crippen molar-refractivity contribution in [3.8, 4) is 5.75 Å². The van der Waals surface area contributed by atoms with Gasteiger partial charge >= 0.3 is 0 Å². The van der Waals surface area contributed by atoms with Gasteiger partial charge in [0, 0.05) is 43.6 Å². The molecule has 1 aromatic heterocycles. The minimum atomic E-state index is -0.268. The van der Waals surface area contributed by atoms with Crippen LogP contribution in [0.1, 0.15) is 23.2 Å². The van der Waals surface area contributed by atoms with E-state index in [1.807, 2.05) is 48.5 Å². The van der Waals surface area contributed by atoms with Crippen LogP contribution in [0.5, 0.6) is 5.75 Å². The number of hydrogen-bond donors (Lipinski definition) is 1. The van der Waals surface area contributed by atoms with Crippen molar-refractivity contribution in [3.63, 3.8) is 0 Å². The molecule has 2 aromatic carbocycles. The Hall–Kier alpha value is -3.45. The van der Waals surface area contributed by atoms with Crippen molar-refractivity contribution < 1.29 is 9.53 Å². The smallest absolute Gasteiger partial charge is 0.293 e. The third kappa shape index (κ3) is 5.82. The van der Waals surface area contributed by atoms with Crippen molar-refractivity contribution in [2.75, 3.05) is 31.6 Å². The molecule has 7 nitrogen and oxygen atoms in total. The summed E-state index contributed by atoms with van der Waals surface area (Å²) in [6.45, 7) is 3.40. The van der Waals surface area contributed by atoms with Crippen molar-refractivity contribution in [1.29, 1.82) is 0 Å². The molecule has 1 aliphatic heterocycles. The first-order chi connectivity index (χ1) is 15.7. The van der Waals surface area contributed by atoms with Crippen LogP contribution in [0.15, 0.2) is 77.9 Å². The first-order valence-electron chi connectivity index (χ1n) is 11.0. The number of hydrogen-bond acceptors (Lipinski definition) is 6. The predicted octanol–water partition coefficient (Wildman–Crippen LogP) is 3.08. The Balaban J connectivity index is 1.26. The van der Waals surface area contributed by atoms with Crippen molar-refractivity contribution in [3.05, 3.63) is 89.0 Å². The second-order valence-corrected chi connectivity index (χ2v) is 7.92. The number of carbonyl (C=O) groups excluding carboxylic acids is 1. The number of nitrogens with one attached hydrogen (secondary N) is 1. The molecule has 2 heterocycles. The zero-order chi connectivity index (χ0) is 22.2. The molecule has 0 atom stereocenters. The zero-order valence-electron chi connectivity index (χ0n) is 18.0. The van der Waals surface area contributed by atoms with Crippen molar-refractivity contribution in [2.45, 2.75) is 25.4 Å². The van der Waals surface area contributed by atoms with E-state index in [1.54, 1.807) is 24.5 Å². The van der Waals surface area contributed by atoms with Gasteiger partial charge in [-0.15, -0.1) is 0 Å². The predicted molar refractivity (Wildman–Crippen MR) is 124 cm³/mol. The maximum atomic E-state index is 12.8. The second kappa shape index (κ2) is 10.7. The van der Waals surface area contributed by atoms with Crippen LogP contribution < -0.4 is 15.6 Å². The first kappa shape index (κ1) is 21.8. The monoisotopic (exact) mass is 432 g/mol. The fraction of sp³-hybridized carbons (Fsp3) is 0.320. The second-order valence-electron chi connectivity index (χ2n) is 7.92. The number of benzene rings is 2. The van der Waals surface area contributed by atoms with Gasteiger partial charge in [0.25, 0.3) is 5.56 Å². The van der Waals surface area contributed by atoms with E-state index >= 15 is 0 Å². The topological polar surface area (TPSA) is 76.5 Å². The molecule has 1 saturated heterocycles. The number of rotatable bonds is 9.